The van der Waals surface area contributed by atoms with Gasteiger partial charge in [-0.3, -0.25) is 0 Å². The summed E-state index contributed by atoms with van der Waals surface area (Å²) in [6.45, 7) is 3.00. The van der Waals surface area contributed by atoms with Crippen LogP contribution < -0.4 is 0 Å². The summed E-state index contributed by atoms with van der Waals surface area (Å²) in [4.78, 5) is 4.68. The van der Waals surface area contributed by atoms with Gasteiger partial charge in [0.2, 0.25) is 0 Å². The number of aryl methyl sites for hydroxylation is 1. The van der Waals surface area contributed by atoms with E-state index in [2.05, 4.69) is 16.5 Å². The molecule has 0 radical (unpaired) electrons. The van der Waals surface area contributed by atoms with Gasteiger partial charge in [-0.1, -0.05) is 23.2 Å². The smallest absolute Gasteiger partial charge is 0.111 e. The molecule has 114 valence electrons. The molecule has 6 heteroatoms. The molecule has 0 saturated carbocycles. The largest absolute Gasteiger partial charge is 0.376 e. The van der Waals surface area contributed by atoms with E-state index in [9.17, 15) is 0 Å². The molecule has 1 saturated heterocycles. The van der Waals surface area contributed by atoms with Gasteiger partial charge in [0.25, 0.3) is 0 Å². The van der Waals surface area contributed by atoms with Gasteiger partial charge in [0, 0.05) is 18.9 Å². The number of rotatable bonds is 4. The van der Waals surface area contributed by atoms with Crippen LogP contribution in [0.1, 0.15) is 31.6 Å². The number of imidazole rings is 1. The zero-order valence-electron chi connectivity index (χ0n) is 11.8. The third-order valence-electron chi connectivity index (χ3n) is 4.03. The molecule has 1 aliphatic heterocycles. The number of hydrogen-bond donors (Lipinski definition) is 0. The van der Waals surface area contributed by atoms with E-state index >= 15 is 0 Å². The molecular weight excluding hydrogens is 331 g/mol. The van der Waals surface area contributed by atoms with Crippen molar-refractivity contribution in [2.75, 3.05) is 12.5 Å². The number of benzene rings is 1. The van der Waals surface area contributed by atoms with Crippen molar-refractivity contribution in [3.05, 3.63) is 28.0 Å². The number of nitrogens with zero attached hydrogens (tertiary/aromatic N) is 2. The maximum absolute atomic E-state index is 6.18. The van der Waals surface area contributed by atoms with Gasteiger partial charge in [0.1, 0.15) is 5.82 Å². The Morgan fingerprint density at radius 1 is 1.38 bits per heavy atom. The summed E-state index contributed by atoms with van der Waals surface area (Å²) in [6.07, 6.45) is 3.11. The van der Waals surface area contributed by atoms with Crippen LogP contribution in [0, 0.1) is 0 Å². The first-order valence-electron chi connectivity index (χ1n) is 7.15. The van der Waals surface area contributed by atoms with Crippen molar-refractivity contribution in [2.24, 2.45) is 0 Å². The Labute approximate surface area is 139 Å². The van der Waals surface area contributed by atoms with Crippen LogP contribution in [0.4, 0.5) is 0 Å². The van der Waals surface area contributed by atoms with Gasteiger partial charge in [-0.25, -0.2) is 4.98 Å². The van der Waals surface area contributed by atoms with Crippen molar-refractivity contribution in [1.29, 1.82) is 0 Å². The Morgan fingerprint density at radius 2 is 2.14 bits per heavy atom. The number of fused-ring (bicyclic) bond motifs is 1. The van der Waals surface area contributed by atoms with Gasteiger partial charge in [0.05, 0.1) is 33.2 Å². The lowest BCUT2D eigenvalue weighted by Gasteiger charge is -2.23. The molecule has 1 aromatic heterocycles. The fourth-order valence-corrected chi connectivity index (χ4v) is 3.49. The zero-order chi connectivity index (χ0) is 15.0. The molecule has 2 aromatic rings. The molecule has 0 aliphatic carbocycles. The molecule has 0 bridgehead atoms. The molecule has 3 rings (SSSR count). The molecule has 0 amide bonds. The van der Waals surface area contributed by atoms with Crippen molar-refractivity contribution in [1.82, 2.24) is 9.55 Å². The van der Waals surface area contributed by atoms with Gasteiger partial charge in [-0.2, -0.15) is 0 Å². The molecule has 2 unspecified atom stereocenters. The molecule has 0 spiro atoms. The number of aromatic nitrogens is 2. The Balaban J connectivity index is 2.12. The number of alkyl halides is 1. The highest BCUT2D eigenvalue weighted by molar-refractivity contribution is 6.42. The number of hydrogen-bond acceptors (Lipinski definition) is 2. The molecular formula is C15H17Cl3N2O. The van der Waals surface area contributed by atoms with Crippen LogP contribution in [0.5, 0.6) is 0 Å². The third-order valence-corrected chi connectivity index (χ3v) is 4.94. The summed E-state index contributed by atoms with van der Waals surface area (Å²) >= 11 is 18.2. The molecule has 1 aromatic carbocycles. The highest BCUT2D eigenvalue weighted by Gasteiger charge is 2.27. The number of halogens is 3. The predicted molar refractivity (Wildman–Crippen MR) is 87.9 cm³/mol. The van der Waals surface area contributed by atoms with Crippen LogP contribution in [0.2, 0.25) is 10.0 Å². The first-order valence-corrected chi connectivity index (χ1v) is 8.44. The molecule has 2 heterocycles. The first kappa shape index (κ1) is 15.4. The fraction of sp³-hybridized carbons (Fsp3) is 0.533. The summed E-state index contributed by atoms with van der Waals surface area (Å²) in [5.74, 6) is 1.49. The van der Waals surface area contributed by atoms with Crippen LogP contribution in [0.3, 0.4) is 0 Å². The molecule has 2 atom stereocenters. The van der Waals surface area contributed by atoms with Crippen LogP contribution in [0.15, 0.2) is 12.1 Å². The second kappa shape index (κ2) is 6.33. The summed E-state index contributed by atoms with van der Waals surface area (Å²) < 4.78 is 8.04. The quantitative estimate of drug-likeness (QED) is 0.738. The van der Waals surface area contributed by atoms with Gasteiger partial charge >= 0.3 is 0 Å². The van der Waals surface area contributed by atoms with Crippen molar-refractivity contribution in [3.63, 3.8) is 0 Å². The second-order valence-corrected chi connectivity index (χ2v) is 6.58. The van der Waals surface area contributed by atoms with Crippen LogP contribution in [-0.4, -0.2) is 28.1 Å². The number of ether oxygens (including phenoxy) is 1. The van der Waals surface area contributed by atoms with Crippen molar-refractivity contribution in [3.8, 4) is 0 Å². The third kappa shape index (κ3) is 2.89. The SMILES string of the molecule is CC(C1CCCO1)n1c(CCCl)nc2cc(Cl)c(Cl)cc21. The average molecular weight is 348 g/mol. The summed E-state index contributed by atoms with van der Waals surface area (Å²) in [6, 6.07) is 3.90. The van der Waals surface area contributed by atoms with Gasteiger partial charge in [-0.15, -0.1) is 11.6 Å². The standard InChI is InChI=1S/C15H17Cl3N2O/c1-9(14-3-2-6-21-14)20-13-8-11(18)10(17)7-12(13)19-15(20)4-5-16/h7-9,14H,2-6H2,1H3. The van der Waals surface area contributed by atoms with Crippen LogP contribution >= 0.6 is 34.8 Å². The van der Waals surface area contributed by atoms with Gasteiger partial charge in [0.15, 0.2) is 0 Å². The van der Waals surface area contributed by atoms with E-state index in [1.807, 2.05) is 12.1 Å². The summed E-state index contributed by atoms with van der Waals surface area (Å²) in [5, 5.41) is 1.07. The topological polar surface area (TPSA) is 27.1 Å². The van der Waals surface area contributed by atoms with Crippen molar-refractivity contribution < 1.29 is 4.74 Å². The van der Waals surface area contributed by atoms with Crippen molar-refractivity contribution >= 4 is 45.8 Å². The molecule has 1 aliphatic rings. The maximum Gasteiger partial charge on any atom is 0.111 e. The maximum atomic E-state index is 6.18. The minimum atomic E-state index is 0.202. The molecule has 3 nitrogen and oxygen atoms in total. The Hall–Kier alpha value is -0.480. The second-order valence-electron chi connectivity index (χ2n) is 5.38. The van der Waals surface area contributed by atoms with E-state index < -0.39 is 0 Å². The monoisotopic (exact) mass is 346 g/mol. The van der Waals surface area contributed by atoms with E-state index in [1.54, 1.807) is 0 Å². The highest BCUT2D eigenvalue weighted by Crippen LogP contribution is 2.33. The van der Waals surface area contributed by atoms with E-state index in [1.165, 1.54) is 0 Å². The average Bonchev–Trinajstić information content (AvgIpc) is 3.07. The van der Waals surface area contributed by atoms with Crippen LogP contribution in [0.25, 0.3) is 11.0 Å². The van der Waals surface area contributed by atoms with Crippen molar-refractivity contribution in [2.45, 2.75) is 38.3 Å². The Bertz CT molecular complexity index is 650. The molecule has 21 heavy (non-hydrogen) atoms. The lowest BCUT2D eigenvalue weighted by atomic mass is 10.1. The van der Waals surface area contributed by atoms with E-state index in [0.717, 1.165) is 36.3 Å². The van der Waals surface area contributed by atoms with E-state index in [-0.39, 0.29) is 12.1 Å². The van der Waals surface area contributed by atoms with Gasteiger partial charge < -0.3 is 9.30 Å². The highest BCUT2D eigenvalue weighted by atomic mass is 35.5. The molecule has 0 N–H and O–H groups in total. The van der Waals surface area contributed by atoms with E-state index in [0.29, 0.717) is 22.3 Å². The molecule has 1 fully saturated rings. The van der Waals surface area contributed by atoms with E-state index in [4.69, 9.17) is 39.5 Å². The Kier molecular flexibility index (Phi) is 4.65. The minimum absolute atomic E-state index is 0.202. The summed E-state index contributed by atoms with van der Waals surface area (Å²) in [5.41, 5.74) is 1.85. The minimum Gasteiger partial charge on any atom is -0.376 e. The lowest BCUT2D eigenvalue weighted by molar-refractivity contribution is 0.0736. The Morgan fingerprint density at radius 3 is 2.81 bits per heavy atom. The van der Waals surface area contributed by atoms with Gasteiger partial charge in [-0.05, 0) is 31.9 Å². The first-order chi connectivity index (χ1) is 10.1. The normalized spacial score (nSPS) is 20.3. The zero-order valence-corrected chi connectivity index (χ0v) is 14.0. The fourth-order valence-electron chi connectivity index (χ4n) is 3.00. The van der Waals surface area contributed by atoms with Crippen LogP contribution in [-0.2, 0) is 11.2 Å². The predicted octanol–water partition coefficient (Wildman–Crippen LogP) is 4.86. The lowest BCUT2D eigenvalue weighted by Crippen LogP contribution is -2.22. The summed E-state index contributed by atoms with van der Waals surface area (Å²) in [7, 11) is 0.